The van der Waals surface area contributed by atoms with Gasteiger partial charge in [0.15, 0.2) is 0 Å². The number of aliphatic hydroxyl groups is 1. The van der Waals surface area contributed by atoms with Gasteiger partial charge in [0.05, 0.1) is 52.0 Å². The molecule has 12 amide bonds. The van der Waals surface area contributed by atoms with Crippen molar-refractivity contribution in [1.82, 2.24) is 65.4 Å². The molecule has 1 aromatic rings. The molecule has 0 saturated carbocycles. The average Bonchev–Trinajstić information content (AvgIpc) is 0.819. The van der Waals surface area contributed by atoms with Crippen molar-refractivity contribution in [3.63, 3.8) is 0 Å². The summed E-state index contributed by atoms with van der Waals surface area (Å²) in [5.74, 6) is -9.77. The molecule has 5 N–H and O–H groups in total. The monoisotopic (exact) mass is 1410 g/mol. The molecule has 3 heterocycles. The first kappa shape index (κ1) is 85.1. The number of unbranched alkanes of at least 4 members (excludes halogenated alkanes) is 1. The van der Waals surface area contributed by atoms with Crippen molar-refractivity contribution in [2.45, 2.75) is 207 Å². The maximum Gasteiger partial charge on any atom is 0.248 e. The zero-order chi connectivity index (χ0) is 74.8. The van der Waals surface area contributed by atoms with E-state index in [1.165, 1.54) is 73.7 Å². The van der Waals surface area contributed by atoms with Gasteiger partial charge in [0.25, 0.3) is 0 Å². The van der Waals surface area contributed by atoms with Gasteiger partial charge in [-0.3, -0.25) is 62.4 Å². The highest BCUT2D eigenvalue weighted by Crippen LogP contribution is 2.23. The summed E-state index contributed by atoms with van der Waals surface area (Å²) >= 11 is 0. The maximum atomic E-state index is 15.3. The lowest BCUT2D eigenvalue weighted by molar-refractivity contribution is -0.151. The first-order valence-electron chi connectivity index (χ1n) is 36.1. The molecule has 564 valence electrons. The zero-order valence-corrected chi connectivity index (χ0v) is 62.9. The molecule has 0 bridgehead atoms. The third-order valence-corrected chi connectivity index (χ3v) is 19.1. The second-order valence-electron chi connectivity index (χ2n) is 29.0. The summed E-state index contributed by atoms with van der Waals surface area (Å²) in [7, 11) is 8.44. The number of ether oxygens (including phenoxy) is 2. The minimum absolute atomic E-state index is 0.00817. The highest BCUT2D eigenvalue weighted by Gasteiger charge is 2.43. The summed E-state index contributed by atoms with van der Waals surface area (Å²) in [4.78, 5) is 191. The maximum absolute atomic E-state index is 15.3. The standard InChI is InChI=1S/C72H121N13O15/c1-18-20-29-85-44-61(89)79(14)55(38-46(3)4)65(91)73-52(68(94)84-30-25-22-26-31-84)42-60(88)78(13)54(19-2)64(90)74-53(45-100-37-34-83-32-35-99-36-33-83)67(93)81(16)57(40-48(7)8)69(95)77(12)43-59(87)75-62(49(9)10)71(97)82(17)58(41-51-27-23-21-24-28-51)70(96)80(15)56(39-47(5)6)66(92)76-63(50(11)86)72(85)98/h21,23-24,27-28,46-50,52-58,62-63,86H,18-20,22,25-26,29-45H2,1-17H3,(H,73,91)(H,74,90)(H,75,87)(H,76,92)/t50-,52+,53?,54+,55+,56+,57+,58+,62+,63+/m1/s1. The van der Waals surface area contributed by atoms with Gasteiger partial charge in [0, 0.05) is 88.0 Å². The molecule has 3 aliphatic rings. The molecule has 1 unspecified atom stereocenters. The number of likely N-dealkylation sites (tertiary alicyclic amines) is 1. The van der Waals surface area contributed by atoms with Crippen molar-refractivity contribution in [2.75, 3.05) is 121 Å². The number of aliphatic hydroxyl groups excluding tert-OH is 1. The van der Waals surface area contributed by atoms with Crippen molar-refractivity contribution < 1.29 is 72.1 Å². The number of nitrogens with zero attached hydrogens (tertiary/aromatic N) is 9. The van der Waals surface area contributed by atoms with Crippen molar-refractivity contribution in [3.8, 4) is 0 Å². The van der Waals surface area contributed by atoms with Gasteiger partial charge in [-0.2, -0.15) is 0 Å². The smallest absolute Gasteiger partial charge is 0.248 e. The van der Waals surface area contributed by atoms with Crippen LogP contribution in [0.1, 0.15) is 146 Å². The van der Waals surface area contributed by atoms with Crippen LogP contribution in [0, 0.1) is 23.7 Å². The van der Waals surface area contributed by atoms with Crippen LogP contribution in [0.5, 0.6) is 0 Å². The average molecular weight is 1410 g/mol. The topological polar surface area (TPSA) is 321 Å². The van der Waals surface area contributed by atoms with Crippen LogP contribution in [0.15, 0.2) is 30.3 Å². The fourth-order valence-electron chi connectivity index (χ4n) is 12.8. The Morgan fingerprint density at radius 3 is 1.66 bits per heavy atom. The second-order valence-corrected chi connectivity index (χ2v) is 29.0. The largest absolute Gasteiger partial charge is 0.391 e. The van der Waals surface area contributed by atoms with Gasteiger partial charge < -0.3 is 75.0 Å². The number of likely N-dealkylation sites (N-methyl/N-ethyl adjacent to an activating group) is 6. The first-order valence-corrected chi connectivity index (χ1v) is 36.1. The molecule has 3 saturated heterocycles. The van der Waals surface area contributed by atoms with Crippen LogP contribution in [-0.4, -0.2) is 302 Å². The molecule has 28 heteroatoms. The number of rotatable bonds is 20. The van der Waals surface area contributed by atoms with E-state index in [0.29, 0.717) is 77.2 Å². The number of morpholine rings is 1. The van der Waals surface area contributed by atoms with Gasteiger partial charge in [0.2, 0.25) is 70.9 Å². The Morgan fingerprint density at radius 1 is 0.560 bits per heavy atom. The molecule has 100 heavy (non-hydrogen) atoms. The number of benzene rings is 1. The number of carbonyl (C=O) groups is 12. The molecular formula is C72H121N13O15. The van der Waals surface area contributed by atoms with Crippen LogP contribution in [0.3, 0.4) is 0 Å². The summed E-state index contributed by atoms with van der Waals surface area (Å²) in [6.07, 6.45) is 1.24. The number of hydrogen-bond acceptors (Lipinski definition) is 16. The molecule has 0 radical (unpaired) electrons. The summed E-state index contributed by atoms with van der Waals surface area (Å²) in [6, 6.07) is -3.21. The van der Waals surface area contributed by atoms with Crippen LogP contribution in [-0.2, 0) is 73.4 Å². The third-order valence-electron chi connectivity index (χ3n) is 19.1. The van der Waals surface area contributed by atoms with Crippen LogP contribution >= 0.6 is 0 Å². The summed E-state index contributed by atoms with van der Waals surface area (Å²) in [5.41, 5.74) is 0.660. The number of amides is 12. The molecule has 10 atom stereocenters. The minimum Gasteiger partial charge on any atom is -0.391 e. The SMILES string of the molecule is CCCCN1CC(=O)N(C)[C@@H](CC(C)C)C(=O)N[C@H](C(=O)N2CCCCC2)CC(=O)N(C)[C@@H](CC)C(=O)NC(COCCN2CCOCC2)C(=O)N(C)[C@@H](CC(C)C)C(=O)N(C)CC(=O)N[C@@H](C(C)C)C(=O)N(C)[C@@H](Cc2ccccc2)C(=O)N(C)[C@@H](CC(C)C)C(=O)N[C@@H]([C@@H](C)O)C1=O. The first-order chi connectivity index (χ1) is 47.1. The van der Waals surface area contributed by atoms with Crippen molar-refractivity contribution in [2.24, 2.45) is 23.7 Å². The molecule has 0 aliphatic carbocycles. The number of carbonyl (C=O) groups excluding carboxylic acids is 12. The lowest BCUT2D eigenvalue weighted by Gasteiger charge is -2.38. The van der Waals surface area contributed by atoms with E-state index < -0.39 is 157 Å². The van der Waals surface area contributed by atoms with Gasteiger partial charge in [-0.05, 0) is 87.5 Å². The van der Waals surface area contributed by atoms with Crippen molar-refractivity contribution >= 4 is 70.9 Å². The minimum atomic E-state index is -1.65. The fraction of sp³-hybridized carbons (Fsp3) is 0.750. The van der Waals surface area contributed by atoms with Gasteiger partial charge >= 0.3 is 0 Å². The molecule has 3 aliphatic heterocycles. The van der Waals surface area contributed by atoms with Gasteiger partial charge in [-0.25, -0.2) is 0 Å². The van der Waals surface area contributed by atoms with Crippen LogP contribution in [0.2, 0.25) is 0 Å². The Hall–Kier alpha value is -7.30. The normalized spacial score (nSPS) is 25.5. The second kappa shape index (κ2) is 41.6. The fourth-order valence-corrected chi connectivity index (χ4v) is 12.8. The number of hydrogen-bond donors (Lipinski definition) is 5. The molecule has 0 spiro atoms. The van der Waals surface area contributed by atoms with E-state index in [-0.39, 0.29) is 69.6 Å². The summed E-state index contributed by atoms with van der Waals surface area (Å²) < 4.78 is 11.7. The lowest BCUT2D eigenvalue weighted by Crippen LogP contribution is -2.62. The van der Waals surface area contributed by atoms with Crippen LogP contribution in [0.25, 0.3) is 0 Å². The zero-order valence-electron chi connectivity index (χ0n) is 62.9. The quantitative estimate of drug-likeness (QED) is 0.116. The Kier molecular flexibility index (Phi) is 35.4. The van der Waals surface area contributed by atoms with Gasteiger partial charge in [0.1, 0.15) is 54.4 Å². The lowest BCUT2D eigenvalue weighted by atomic mass is 9.97. The van der Waals surface area contributed by atoms with Crippen LogP contribution in [0.4, 0.5) is 0 Å². The van der Waals surface area contributed by atoms with E-state index >= 15 is 14.4 Å². The van der Waals surface area contributed by atoms with Gasteiger partial charge in [-0.1, -0.05) is 106 Å². The van der Waals surface area contributed by atoms with Crippen molar-refractivity contribution in [1.29, 1.82) is 0 Å². The van der Waals surface area contributed by atoms with Gasteiger partial charge in [-0.15, -0.1) is 0 Å². The highest BCUT2D eigenvalue weighted by atomic mass is 16.5. The Bertz CT molecular complexity index is 2870. The van der Waals surface area contributed by atoms with Crippen molar-refractivity contribution in [3.05, 3.63) is 35.9 Å². The van der Waals surface area contributed by atoms with E-state index in [9.17, 15) is 48.3 Å². The van der Waals surface area contributed by atoms with E-state index in [1.807, 2.05) is 48.5 Å². The predicted molar refractivity (Wildman–Crippen MR) is 378 cm³/mol. The van der Waals surface area contributed by atoms with Crippen LogP contribution < -0.4 is 21.3 Å². The van der Waals surface area contributed by atoms with E-state index in [1.54, 1.807) is 56.0 Å². The molecule has 3 fully saturated rings. The Morgan fingerprint density at radius 2 is 1.10 bits per heavy atom. The molecule has 0 aromatic heterocycles. The summed E-state index contributed by atoms with van der Waals surface area (Å²) in [5, 5.41) is 22.6. The Balaban J connectivity index is 1.92. The van der Waals surface area contributed by atoms with E-state index in [4.69, 9.17) is 9.47 Å². The predicted octanol–water partition coefficient (Wildman–Crippen LogP) is 1.74. The summed E-state index contributed by atoms with van der Waals surface area (Å²) in [6.45, 7) is 21.5. The molecule has 28 nitrogen and oxygen atoms in total. The molecule has 1 aromatic carbocycles. The molecule has 4 rings (SSSR count). The van der Waals surface area contributed by atoms with E-state index in [2.05, 4.69) is 26.2 Å². The third kappa shape index (κ3) is 25.3. The molecular weight excluding hydrogens is 1290 g/mol. The highest BCUT2D eigenvalue weighted by molar-refractivity contribution is 6.00. The number of piperidine rings is 1. The Labute approximate surface area is 593 Å². The number of nitrogens with one attached hydrogen (secondary N) is 4. The van der Waals surface area contributed by atoms with E-state index in [0.717, 1.165) is 16.2 Å².